The van der Waals surface area contributed by atoms with Crippen LogP contribution in [-0.2, 0) is 22.5 Å². The Bertz CT molecular complexity index is 1090. The molecule has 0 aliphatic carbocycles. The number of aromatic nitrogens is 4. The number of nitrogens with one attached hydrogen (secondary N) is 2. The van der Waals surface area contributed by atoms with Gasteiger partial charge in [-0.25, -0.2) is 14.3 Å². The second kappa shape index (κ2) is 9.11. The zero-order chi connectivity index (χ0) is 22.6. The van der Waals surface area contributed by atoms with Crippen molar-refractivity contribution in [2.24, 2.45) is 0 Å². The van der Waals surface area contributed by atoms with E-state index in [9.17, 15) is 9.59 Å². The van der Waals surface area contributed by atoms with Gasteiger partial charge in [0.1, 0.15) is 5.60 Å². The minimum Gasteiger partial charge on any atom is -0.444 e. The van der Waals surface area contributed by atoms with E-state index in [2.05, 4.69) is 25.7 Å². The van der Waals surface area contributed by atoms with E-state index < -0.39 is 11.7 Å². The number of para-hydroxylation sites is 1. The summed E-state index contributed by atoms with van der Waals surface area (Å²) in [5, 5.41) is 9.99. The van der Waals surface area contributed by atoms with Crippen LogP contribution in [-0.4, -0.2) is 37.2 Å². The number of aryl methyl sites for hydroxylation is 2. The summed E-state index contributed by atoms with van der Waals surface area (Å²) < 4.78 is 6.87. The topological polar surface area (TPSA) is 111 Å². The van der Waals surface area contributed by atoms with Crippen molar-refractivity contribution in [3.63, 3.8) is 0 Å². The Labute approximate surface area is 181 Å². The highest BCUT2D eigenvalue weighted by atomic mass is 16.6. The molecule has 0 atom stereocenters. The molecular formula is C22H28N6O3. The lowest BCUT2D eigenvalue weighted by Crippen LogP contribution is -2.32. The first-order chi connectivity index (χ1) is 14.6. The number of ether oxygens (including phenoxy) is 1. The molecule has 0 bridgehead atoms. The lowest BCUT2D eigenvalue weighted by molar-refractivity contribution is -0.116. The van der Waals surface area contributed by atoms with Crippen LogP contribution in [0.4, 0.5) is 10.5 Å². The summed E-state index contributed by atoms with van der Waals surface area (Å²) in [4.78, 5) is 33.1. The number of hydrogen-bond donors (Lipinski definition) is 2. The highest BCUT2D eigenvalue weighted by Crippen LogP contribution is 2.16. The van der Waals surface area contributed by atoms with Crippen LogP contribution in [0, 0.1) is 13.8 Å². The largest absolute Gasteiger partial charge is 0.444 e. The predicted molar refractivity (Wildman–Crippen MR) is 117 cm³/mol. The average Bonchev–Trinajstić information content (AvgIpc) is 3.09. The van der Waals surface area contributed by atoms with Gasteiger partial charge in [-0.1, -0.05) is 18.2 Å². The van der Waals surface area contributed by atoms with Crippen molar-refractivity contribution in [2.45, 2.75) is 59.6 Å². The Morgan fingerprint density at radius 3 is 2.48 bits per heavy atom. The molecule has 9 heteroatoms. The van der Waals surface area contributed by atoms with Crippen LogP contribution in [0.3, 0.4) is 0 Å². The molecule has 2 aromatic heterocycles. The third-order valence-electron chi connectivity index (χ3n) is 4.54. The van der Waals surface area contributed by atoms with Gasteiger partial charge < -0.3 is 15.4 Å². The van der Waals surface area contributed by atoms with Crippen LogP contribution >= 0.6 is 0 Å². The first-order valence-electron chi connectivity index (χ1n) is 10.2. The van der Waals surface area contributed by atoms with E-state index >= 15 is 0 Å². The maximum Gasteiger partial charge on any atom is 0.408 e. The number of carbonyl (C=O) groups is 2. The molecule has 164 valence electrons. The Balaban J connectivity index is 1.67. The number of rotatable bonds is 6. The van der Waals surface area contributed by atoms with Gasteiger partial charge in [0.15, 0.2) is 5.82 Å². The maximum atomic E-state index is 12.3. The predicted octanol–water partition coefficient (Wildman–Crippen LogP) is 3.34. The van der Waals surface area contributed by atoms with Crippen molar-refractivity contribution < 1.29 is 14.3 Å². The van der Waals surface area contributed by atoms with E-state index in [1.165, 1.54) is 0 Å². The van der Waals surface area contributed by atoms with Gasteiger partial charge in [-0.2, -0.15) is 4.98 Å². The molecule has 1 aromatic carbocycles. The molecule has 3 rings (SSSR count). The monoisotopic (exact) mass is 424 g/mol. The molecule has 0 radical (unpaired) electrons. The minimum absolute atomic E-state index is 0.0639. The Morgan fingerprint density at radius 2 is 1.81 bits per heavy atom. The quantitative estimate of drug-likeness (QED) is 0.628. The van der Waals surface area contributed by atoms with Gasteiger partial charge in [0.25, 0.3) is 5.78 Å². The summed E-state index contributed by atoms with van der Waals surface area (Å²) in [6, 6.07) is 9.36. The van der Waals surface area contributed by atoms with Crippen LogP contribution < -0.4 is 10.6 Å². The van der Waals surface area contributed by atoms with Crippen molar-refractivity contribution in [3.8, 4) is 0 Å². The third-order valence-corrected chi connectivity index (χ3v) is 4.54. The fourth-order valence-corrected chi connectivity index (χ4v) is 3.14. The number of hydrogen-bond acceptors (Lipinski definition) is 6. The minimum atomic E-state index is -0.576. The molecule has 0 spiro atoms. The van der Waals surface area contributed by atoms with Crippen LogP contribution in [0.1, 0.15) is 50.0 Å². The molecule has 2 N–H and O–H groups in total. The Morgan fingerprint density at radius 1 is 1.10 bits per heavy atom. The van der Waals surface area contributed by atoms with Crippen molar-refractivity contribution in [2.75, 3.05) is 5.32 Å². The summed E-state index contributed by atoms with van der Waals surface area (Å²) in [7, 11) is 0. The van der Waals surface area contributed by atoms with Gasteiger partial charge in [0.05, 0.1) is 6.54 Å². The highest BCUT2D eigenvalue weighted by molar-refractivity contribution is 5.90. The lowest BCUT2D eigenvalue weighted by Gasteiger charge is -2.19. The molecule has 0 fully saturated rings. The van der Waals surface area contributed by atoms with E-state index in [0.29, 0.717) is 24.4 Å². The van der Waals surface area contributed by atoms with Crippen molar-refractivity contribution in [1.82, 2.24) is 24.9 Å². The molecule has 2 heterocycles. The number of fused-ring (bicyclic) bond motifs is 1. The summed E-state index contributed by atoms with van der Waals surface area (Å²) in [5.41, 5.74) is 2.82. The fraction of sp³-hybridized carbons (Fsp3) is 0.409. The van der Waals surface area contributed by atoms with Gasteiger partial charge in [-0.15, -0.1) is 5.10 Å². The lowest BCUT2D eigenvalue weighted by atomic mass is 10.1. The number of nitrogens with zero attached hydrogens (tertiary/aromatic N) is 4. The van der Waals surface area contributed by atoms with E-state index in [-0.39, 0.29) is 12.5 Å². The zero-order valence-corrected chi connectivity index (χ0v) is 18.5. The molecule has 0 aliphatic rings. The van der Waals surface area contributed by atoms with E-state index in [0.717, 1.165) is 22.6 Å². The third kappa shape index (κ3) is 6.00. The smallest absolute Gasteiger partial charge is 0.408 e. The summed E-state index contributed by atoms with van der Waals surface area (Å²) in [6.07, 6.45) is 0.327. The van der Waals surface area contributed by atoms with Gasteiger partial charge in [0.2, 0.25) is 5.91 Å². The van der Waals surface area contributed by atoms with Crippen LogP contribution in [0.25, 0.3) is 5.78 Å². The maximum absolute atomic E-state index is 12.3. The first kappa shape index (κ1) is 22.2. The van der Waals surface area contributed by atoms with E-state index in [1.807, 2.05) is 44.2 Å². The van der Waals surface area contributed by atoms with Gasteiger partial charge in [-0.3, -0.25) is 4.79 Å². The SMILES string of the molecule is Cc1nc2nc(CNC(=O)OC(C)(C)C)nn2c(C)c1CCC(=O)Nc1ccccc1. The van der Waals surface area contributed by atoms with Gasteiger partial charge >= 0.3 is 6.09 Å². The van der Waals surface area contributed by atoms with Gasteiger partial charge in [-0.05, 0) is 58.7 Å². The molecule has 0 unspecified atom stereocenters. The average molecular weight is 425 g/mol. The second-order valence-electron chi connectivity index (χ2n) is 8.27. The molecule has 3 aromatic rings. The Hall–Kier alpha value is -3.49. The van der Waals surface area contributed by atoms with E-state index in [1.54, 1.807) is 25.3 Å². The van der Waals surface area contributed by atoms with Gasteiger partial charge in [0, 0.05) is 23.5 Å². The fourth-order valence-electron chi connectivity index (χ4n) is 3.14. The van der Waals surface area contributed by atoms with E-state index in [4.69, 9.17) is 4.74 Å². The molecule has 31 heavy (non-hydrogen) atoms. The first-order valence-corrected chi connectivity index (χ1v) is 10.2. The summed E-state index contributed by atoms with van der Waals surface area (Å²) in [5.74, 6) is 0.819. The standard InChI is InChI=1S/C22H28N6O3/c1-14-17(11-12-19(29)25-16-9-7-6-8-10-16)15(2)28-20(24-14)26-18(27-28)13-23-21(30)31-22(3,4)5/h6-10H,11-13H2,1-5H3,(H,23,30)(H,25,29). The number of carbonyl (C=O) groups excluding carboxylic acids is 2. The summed E-state index contributed by atoms with van der Waals surface area (Å²) in [6.45, 7) is 9.34. The van der Waals surface area contributed by atoms with Crippen molar-refractivity contribution >= 4 is 23.5 Å². The molecule has 9 nitrogen and oxygen atoms in total. The van der Waals surface area contributed by atoms with Crippen LogP contribution in [0.15, 0.2) is 30.3 Å². The molecule has 0 saturated heterocycles. The number of anilines is 1. The van der Waals surface area contributed by atoms with Crippen molar-refractivity contribution in [1.29, 1.82) is 0 Å². The normalized spacial score (nSPS) is 11.4. The molecule has 2 amide bonds. The van der Waals surface area contributed by atoms with Crippen molar-refractivity contribution in [3.05, 3.63) is 53.1 Å². The zero-order valence-electron chi connectivity index (χ0n) is 18.5. The Kier molecular flexibility index (Phi) is 6.53. The second-order valence-corrected chi connectivity index (χ2v) is 8.27. The molecule has 0 aliphatic heterocycles. The molecular weight excluding hydrogens is 396 g/mol. The summed E-state index contributed by atoms with van der Waals surface area (Å²) >= 11 is 0. The molecule has 0 saturated carbocycles. The number of benzene rings is 1. The number of alkyl carbamates (subject to hydrolysis) is 1. The number of amides is 2. The highest BCUT2D eigenvalue weighted by Gasteiger charge is 2.18. The van der Waals surface area contributed by atoms with Crippen LogP contribution in [0.5, 0.6) is 0 Å². The van der Waals surface area contributed by atoms with Crippen LogP contribution in [0.2, 0.25) is 0 Å².